The Bertz CT molecular complexity index is 927. The lowest BCUT2D eigenvalue weighted by molar-refractivity contribution is -0.926. The minimum Gasteiger partial charge on any atom is -0.497 e. The van der Waals surface area contributed by atoms with Gasteiger partial charge in [-0.2, -0.15) is 0 Å². The van der Waals surface area contributed by atoms with E-state index < -0.39 is 0 Å². The second-order valence-electron chi connectivity index (χ2n) is 8.21. The molecule has 30 heavy (non-hydrogen) atoms. The first-order valence-electron chi connectivity index (χ1n) is 10.9. The summed E-state index contributed by atoms with van der Waals surface area (Å²) in [6.07, 6.45) is 4.94. The number of anilines is 1. The Morgan fingerprint density at radius 1 is 1.10 bits per heavy atom. The van der Waals surface area contributed by atoms with Crippen molar-refractivity contribution in [3.8, 4) is 5.75 Å². The van der Waals surface area contributed by atoms with Gasteiger partial charge in [0.1, 0.15) is 5.75 Å². The van der Waals surface area contributed by atoms with Crippen molar-refractivity contribution in [1.29, 1.82) is 0 Å². The third kappa shape index (κ3) is 3.81. The molecule has 8 heteroatoms. The maximum Gasteiger partial charge on any atom is 0.215 e. The predicted molar refractivity (Wildman–Crippen MR) is 117 cm³/mol. The Kier molecular flexibility index (Phi) is 5.68. The van der Waals surface area contributed by atoms with Crippen molar-refractivity contribution in [3.63, 3.8) is 0 Å². The van der Waals surface area contributed by atoms with Crippen molar-refractivity contribution in [2.24, 2.45) is 0 Å². The Morgan fingerprint density at radius 2 is 1.87 bits per heavy atom. The molecule has 1 aromatic carbocycles. The van der Waals surface area contributed by atoms with E-state index in [1.807, 2.05) is 23.5 Å². The van der Waals surface area contributed by atoms with Crippen LogP contribution >= 0.6 is 11.3 Å². The van der Waals surface area contributed by atoms with Gasteiger partial charge in [-0.25, -0.2) is 4.68 Å². The molecule has 5 rings (SSSR count). The average molecular weight is 426 g/mol. The first kappa shape index (κ1) is 19.5. The fourth-order valence-corrected chi connectivity index (χ4v) is 5.78. The maximum atomic E-state index is 5.30. The van der Waals surface area contributed by atoms with Crippen LogP contribution in [0, 0.1) is 0 Å². The summed E-state index contributed by atoms with van der Waals surface area (Å²) in [6.45, 7) is 4.17. The quantitative estimate of drug-likeness (QED) is 0.657. The molecule has 0 spiro atoms. The summed E-state index contributed by atoms with van der Waals surface area (Å²) in [5, 5.41) is 15.2. The first-order chi connectivity index (χ1) is 14.8. The summed E-state index contributed by atoms with van der Waals surface area (Å²) < 4.78 is 7.44. The Morgan fingerprint density at radius 3 is 2.53 bits per heavy atom. The molecule has 2 aliphatic rings. The molecule has 2 fully saturated rings. The summed E-state index contributed by atoms with van der Waals surface area (Å²) in [5.41, 5.74) is 1.26. The SMILES string of the molecule is COc1ccc(N2CC[NH+]([C@H](c3cccs3)c3nnnn3C3CCCC3)CC2)cc1. The average Bonchev–Trinajstić information content (AvgIpc) is 3.57. The minimum atomic E-state index is 0.207. The van der Waals surface area contributed by atoms with Gasteiger partial charge in [-0.1, -0.05) is 18.9 Å². The lowest BCUT2D eigenvalue weighted by Crippen LogP contribution is -3.15. The van der Waals surface area contributed by atoms with E-state index in [0.29, 0.717) is 6.04 Å². The van der Waals surface area contributed by atoms with E-state index in [4.69, 9.17) is 4.74 Å². The lowest BCUT2D eigenvalue weighted by Gasteiger charge is -2.37. The highest BCUT2D eigenvalue weighted by Gasteiger charge is 2.36. The summed E-state index contributed by atoms with van der Waals surface area (Å²) >= 11 is 1.82. The van der Waals surface area contributed by atoms with Crippen LogP contribution in [0.1, 0.15) is 48.5 Å². The molecule has 1 saturated heterocycles. The van der Waals surface area contributed by atoms with Crippen molar-refractivity contribution < 1.29 is 9.64 Å². The van der Waals surface area contributed by atoms with Gasteiger partial charge >= 0.3 is 0 Å². The van der Waals surface area contributed by atoms with E-state index in [1.54, 1.807) is 12.0 Å². The fourth-order valence-electron chi connectivity index (χ4n) is 4.90. The number of benzene rings is 1. The molecular formula is C22H29N6OS+. The van der Waals surface area contributed by atoms with Gasteiger partial charge in [0, 0.05) is 5.69 Å². The number of methoxy groups -OCH3 is 1. The number of piperazine rings is 1. The zero-order valence-electron chi connectivity index (χ0n) is 17.4. The van der Waals surface area contributed by atoms with Crippen molar-refractivity contribution in [1.82, 2.24) is 20.2 Å². The summed E-state index contributed by atoms with van der Waals surface area (Å²) in [6, 6.07) is 13.4. The third-order valence-electron chi connectivity index (χ3n) is 6.53. The molecule has 1 aliphatic carbocycles. The molecule has 1 N–H and O–H groups in total. The number of tetrazole rings is 1. The number of rotatable bonds is 6. The number of aromatic nitrogens is 4. The highest BCUT2D eigenvalue weighted by atomic mass is 32.1. The summed E-state index contributed by atoms with van der Waals surface area (Å²) in [5.74, 6) is 1.94. The van der Waals surface area contributed by atoms with Gasteiger partial charge in [0.2, 0.25) is 5.82 Å². The standard InChI is InChI=1S/C22H28N6OS/c1-29-19-10-8-17(9-11-19)26-12-14-27(15-13-26)21(20-7-4-16-30-20)22-23-24-25-28(22)18-5-2-3-6-18/h4,7-11,16,18,21H,2-3,5-6,12-15H2,1H3/p+1/t21-/m1/s1. The highest BCUT2D eigenvalue weighted by Crippen LogP contribution is 2.32. The maximum absolute atomic E-state index is 5.30. The number of ether oxygens (including phenoxy) is 1. The molecule has 3 aromatic rings. The zero-order valence-corrected chi connectivity index (χ0v) is 18.2. The molecule has 1 atom stereocenters. The summed E-state index contributed by atoms with van der Waals surface area (Å²) in [4.78, 5) is 5.38. The molecule has 1 saturated carbocycles. The molecule has 0 radical (unpaired) electrons. The number of nitrogens with one attached hydrogen (secondary N) is 1. The normalized spacial score (nSPS) is 19.3. The van der Waals surface area contributed by atoms with Gasteiger partial charge in [-0.05, 0) is 59.0 Å². The minimum absolute atomic E-state index is 0.207. The number of hydrogen-bond donors (Lipinski definition) is 1. The van der Waals surface area contributed by atoms with Gasteiger partial charge in [0.05, 0.1) is 44.2 Å². The topological polar surface area (TPSA) is 60.5 Å². The van der Waals surface area contributed by atoms with Crippen molar-refractivity contribution in [3.05, 3.63) is 52.5 Å². The van der Waals surface area contributed by atoms with Crippen LogP contribution in [-0.2, 0) is 0 Å². The lowest BCUT2D eigenvalue weighted by atomic mass is 10.1. The predicted octanol–water partition coefficient (Wildman–Crippen LogP) is 2.35. The van der Waals surface area contributed by atoms with Crippen LogP contribution in [0.25, 0.3) is 0 Å². The zero-order chi connectivity index (χ0) is 20.3. The van der Waals surface area contributed by atoms with Crippen molar-refractivity contribution >= 4 is 17.0 Å². The number of thiophene rings is 1. The molecule has 0 unspecified atom stereocenters. The van der Waals surface area contributed by atoms with Crippen molar-refractivity contribution in [2.45, 2.75) is 37.8 Å². The molecule has 0 bridgehead atoms. The van der Waals surface area contributed by atoms with Crippen LogP contribution in [0.4, 0.5) is 5.69 Å². The van der Waals surface area contributed by atoms with Gasteiger partial charge < -0.3 is 14.5 Å². The number of hydrogen-bond acceptors (Lipinski definition) is 6. The van der Waals surface area contributed by atoms with E-state index in [-0.39, 0.29) is 6.04 Å². The molecule has 158 valence electrons. The van der Waals surface area contributed by atoms with Crippen LogP contribution < -0.4 is 14.5 Å². The van der Waals surface area contributed by atoms with E-state index in [9.17, 15) is 0 Å². The van der Waals surface area contributed by atoms with Gasteiger partial charge in [-0.15, -0.1) is 16.4 Å². The third-order valence-corrected chi connectivity index (χ3v) is 7.46. The van der Waals surface area contributed by atoms with Crippen LogP contribution in [0.3, 0.4) is 0 Å². The van der Waals surface area contributed by atoms with Gasteiger partial charge in [0.15, 0.2) is 6.04 Å². The largest absolute Gasteiger partial charge is 0.497 e. The van der Waals surface area contributed by atoms with Gasteiger partial charge in [0.25, 0.3) is 0 Å². The molecular weight excluding hydrogens is 396 g/mol. The number of quaternary nitrogens is 1. The summed E-state index contributed by atoms with van der Waals surface area (Å²) in [7, 11) is 1.71. The Hall–Kier alpha value is -2.45. The van der Waals surface area contributed by atoms with Gasteiger partial charge in [-0.3, -0.25) is 0 Å². The van der Waals surface area contributed by atoms with Crippen LogP contribution in [0.15, 0.2) is 41.8 Å². The molecule has 2 aromatic heterocycles. The highest BCUT2D eigenvalue weighted by molar-refractivity contribution is 7.10. The Labute approximate surface area is 181 Å². The second kappa shape index (κ2) is 8.73. The molecule has 7 nitrogen and oxygen atoms in total. The Balaban J connectivity index is 1.36. The van der Waals surface area contributed by atoms with Crippen LogP contribution in [-0.4, -0.2) is 53.5 Å². The van der Waals surface area contributed by atoms with E-state index in [1.165, 1.54) is 36.2 Å². The van der Waals surface area contributed by atoms with E-state index in [0.717, 1.165) is 37.8 Å². The van der Waals surface area contributed by atoms with Crippen LogP contribution in [0.2, 0.25) is 0 Å². The molecule has 1 aliphatic heterocycles. The first-order valence-corrected chi connectivity index (χ1v) is 11.8. The smallest absolute Gasteiger partial charge is 0.215 e. The monoisotopic (exact) mass is 425 g/mol. The number of nitrogens with zero attached hydrogens (tertiary/aromatic N) is 5. The van der Waals surface area contributed by atoms with Crippen molar-refractivity contribution in [2.75, 3.05) is 38.2 Å². The van der Waals surface area contributed by atoms with Crippen LogP contribution in [0.5, 0.6) is 5.75 Å². The van der Waals surface area contributed by atoms with E-state index >= 15 is 0 Å². The van der Waals surface area contributed by atoms with E-state index in [2.05, 4.69) is 54.8 Å². The second-order valence-corrected chi connectivity index (χ2v) is 9.19. The molecule has 0 amide bonds. The fraction of sp³-hybridized carbons (Fsp3) is 0.500. The molecule has 3 heterocycles.